The van der Waals surface area contributed by atoms with Gasteiger partial charge in [0.1, 0.15) is 0 Å². The van der Waals surface area contributed by atoms with Crippen LogP contribution in [-0.2, 0) is 6.42 Å². The number of benzene rings is 1. The Morgan fingerprint density at radius 3 is 2.58 bits per heavy atom. The second-order valence-electron chi connectivity index (χ2n) is 6.33. The van der Waals surface area contributed by atoms with Crippen molar-refractivity contribution in [3.8, 4) is 0 Å². The number of rotatable bonds is 6. The highest BCUT2D eigenvalue weighted by molar-refractivity contribution is 6.30. The first-order chi connectivity index (χ1) is 12.7. The molecule has 1 aliphatic heterocycles. The number of hydrogen-bond acceptors (Lipinski definition) is 5. The van der Waals surface area contributed by atoms with Gasteiger partial charge in [0, 0.05) is 50.1 Å². The molecular weight excluding hydrogens is 350 g/mol. The molecule has 0 atom stereocenters. The number of nitrogens with zero attached hydrogens (tertiary/aromatic N) is 4. The Balaban J connectivity index is 1.49. The highest BCUT2D eigenvalue weighted by atomic mass is 35.5. The topological polar surface area (TPSA) is 61.4 Å². The zero-order chi connectivity index (χ0) is 18.4. The molecule has 0 radical (unpaired) electrons. The van der Waals surface area contributed by atoms with E-state index in [0.717, 1.165) is 49.7 Å². The fraction of sp³-hybridized carbons (Fsp3) is 0.421. The number of carbonyl (C=O) groups excluding carboxylic acids is 1. The minimum atomic E-state index is 0.00577. The van der Waals surface area contributed by atoms with Gasteiger partial charge in [-0.2, -0.15) is 0 Å². The van der Waals surface area contributed by atoms with E-state index in [4.69, 9.17) is 11.6 Å². The van der Waals surface area contributed by atoms with Crippen molar-refractivity contribution in [2.75, 3.05) is 44.6 Å². The largest absolute Gasteiger partial charge is 0.354 e. The number of carbonyl (C=O) groups is 1. The Morgan fingerprint density at radius 1 is 1.19 bits per heavy atom. The predicted molar refractivity (Wildman–Crippen MR) is 104 cm³/mol. The number of nitrogens with one attached hydrogen (secondary N) is 1. The third kappa shape index (κ3) is 4.93. The Labute approximate surface area is 159 Å². The summed E-state index contributed by atoms with van der Waals surface area (Å²) >= 11 is 5.98. The fourth-order valence-corrected chi connectivity index (χ4v) is 3.20. The summed E-state index contributed by atoms with van der Waals surface area (Å²) < 4.78 is 0. The number of hydrogen-bond donors (Lipinski definition) is 1. The van der Waals surface area contributed by atoms with E-state index in [-0.39, 0.29) is 5.91 Å². The van der Waals surface area contributed by atoms with Crippen LogP contribution in [0.4, 0.5) is 5.95 Å². The van der Waals surface area contributed by atoms with E-state index in [0.29, 0.717) is 18.1 Å². The lowest BCUT2D eigenvalue weighted by Gasteiger charge is -2.33. The summed E-state index contributed by atoms with van der Waals surface area (Å²) in [6, 6.07) is 7.78. The van der Waals surface area contributed by atoms with Crippen LogP contribution in [0, 0.1) is 0 Å². The smallest absolute Gasteiger partial charge is 0.257 e. The van der Waals surface area contributed by atoms with Crippen LogP contribution in [0.25, 0.3) is 0 Å². The molecule has 1 aromatic heterocycles. The number of piperazine rings is 1. The lowest BCUT2D eigenvalue weighted by atomic mass is 10.1. The molecule has 1 amide bonds. The Bertz CT molecular complexity index is 729. The minimum absolute atomic E-state index is 0.00577. The number of aromatic nitrogens is 2. The van der Waals surface area contributed by atoms with Crippen LogP contribution >= 0.6 is 11.6 Å². The molecule has 7 heteroatoms. The van der Waals surface area contributed by atoms with E-state index in [1.807, 2.05) is 29.2 Å². The maximum atomic E-state index is 12.5. The van der Waals surface area contributed by atoms with E-state index in [9.17, 15) is 4.79 Å². The molecule has 1 fully saturated rings. The van der Waals surface area contributed by atoms with Gasteiger partial charge >= 0.3 is 0 Å². The Morgan fingerprint density at radius 2 is 1.92 bits per heavy atom. The first-order valence-electron chi connectivity index (χ1n) is 8.97. The van der Waals surface area contributed by atoms with Gasteiger partial charge in [0.05, 0.1) is 5.56 Å². The molecule has 1 saturated heterocycles. The van der Waals surface area contributed by atoms with Gasteiger partial charge in [-0.1, -0.05) is 30.7 Å². The van der Waals surface area contributed by atoms with Crippen LogP contribution in [0.5, 0.6) is 0 Å². The van der Waals surface area contributed by atoms with E-state index in [1.54, 1.807) is 12.4 Å². The molecule has 2 heterocycles. The summed E-state index contributed by atoms with van der Waals surface area (Å²) in [5, 5.41) is 3.91. The number of halogens is 1. The second-order valence-corrected chi connectivity index (χ2v) is 6.76. The third-order valence-electron chi connectivity index (χ3n) is 4.59. The third-order valence-corrected chi connectivity index (χ3v) is 4.83. The summed E-state index contributed by atoms with van der Waals surface area (Å²) in [6.07, 6.45) is 4.03. The SMILES string of the molecule is CCN1CCN(C(=O)c2cnc(NCCc3cccc(Cl)c3)nc2)CC1. The van der Waals surface area contributed by atoms with Crippen molar-refractivity contribution in [3.63, 3.8) is 0 Å². The van der Waals surface area contributed by atoms with Crippen molar-refractivity contribution < 1.29 is 4.79 Å². The average molecular weight is 374 g/mol. The zero-order valence-electron chi connectivity index (χ0n) is 15.0. The quantitative estimate of drug-likeness (QED) is 0.843. The normalized spacial score (nSPS) is 15.1. The standard InChI is InChI=1S/C19H24ClN5O/c1-2-24-8-10-25(11-9-24)18(26)16-13-22-19(23-14-16)21-7-6-15-4-3-5-17(20)12-15/h3-5,12-14H,2,6-11H2,1H3,(H,21,22,23). The van der Waals surface area contributed by atoms with Gasteiger partial charge in [-0.15, -0.1) is 0 Å². The van der Waals surface area contributed by atoms with E-state index in [1.165, 1.54) is 0 Å². The molecule has 1 N–H and O–H groups in total. The molecule has 0 bridgehead atoms. The van der Waals surface area contributed by atoms with Crippen molar-refractivity contribution in [2.24, 2.45) is 0 Å². The lowest BCUT2D eigenvalue weighted by Crippen LogP contribution is -2.48. The van der Waals surface area contributed by atoms with Gasteiger partial charge < -0.3 is 15.1 Å². The summed E-state index contributed by atoms with van der Waals surface area (Å²) in [4.78, 5) is 25.3. The summed E-state index contributed by atoms with van der Waals surface area (Å²) in [5.41, 5.74) is 1.69. The Kier molecular flexibility index (Phi) is 6.41. The van der Waals surface area contributed by atoms with Crippen LogP contribution in [0.2, 0.25) is 5.02 Å². The maximum absolute atomic E-state index is 12.5. The van der Waals surface area contributed by atoms with Crippen LogP contribution in [0.1, 0.15) is 22.8 Å². The molecule has 3 rings (SSSR count). The lowest BCUT2D eigenvalue weighted by molar-refractivity contribution is 0.0642. The predicted octanol–water partition coefficient (Wildman–Crippen LogP) is 2.56. The van der Waals surface area contributed by atoms with Crippen molar-refractivity contribution in [1.82, 2.24) is 19.8 Å². The van der Waals surface area contributed by atoms with E-state index < -0.39 is 0 Å². The van der Waals surface area contributed by atoms with Crippen molar-refractivity contribution in [3.05, 3.63) is 52.8 Å². The van der Waals surface area contributed by atoms with Gasteiger partial charge in [0.15, 0.2) is 0 Å². The Hall–Kier alpha value is -2.18. The molecule has 0 aliphatic carbocycles. The summed E-state index contributed by atoms with van der Waals surface area (Å²) in [5.74, 6) is 0.533. The monoisotopic (exact) mass is 373 g/mol. The molecule has 1 aliphatic rings. The second kappa shape index (κ2) is 8.96. The van der Waals surface area contributed by atoms with Crippen LogP contribution in [0.15, 0.2) is 36.7 Å². The molecule has 0 spiro atoms. The van der Waals surface area contributed by atoms with Gasteiger partial charge in [-0.05, 0) is 30.7 Å². The molecular formula is C19H24ClN5O. The molecule has 2 aromatic rings. The first-order valence-corrected chi connectivity index (χ1v) is 9.35. The van der Waals surface area contributed by atoms with Gasteiger partial charge in [-0.3, -0.25) is 4.79 Å². The zero-order valence-corrected chi connectivity index (χ0v) is 15.7. The van der Waals surface area contributed by atoms with Crippen molar-refractivity contribution in [2.45, 2.75) is 13.3 Å². The fourth-order valence-electron chi connectivity index (χ4n) is 2.99. The molecule has 6 nitrogen and oxygen atoms in total. The molecule has 138 valence electrons. The first kappa shape index (κ1) is 18.6. The van der Waals surface area contributed by atoms with E-state index in [2.05, 4.69) is 27.1 Å². The number of anilines is 1. The highest BCUT2D eigenvalue weighted by Gasteiger charge is 2.21. The van der Waals surface area contributed by atoms with Crippen LogP contribution < -0.4 is 5.32 Å². The van der Waals surface area contributed by atoms with Crippen LogP contribution in [-0.4, -0.2) is 64.9 Å². The van der Waals surface area contributed by atoms with Gasteiger partial charge in [0.25, 0.3) is 5.91 Å². The molecule has 0 saturated carbocycles. The summed E-state index contributed by atoms with van der Waals surface area (Å²) in [7, 11) is 0. The highest BCUT2D eigenvalue weighted by Crippen LogP contribution is 2.12. The van der Waals surface area contributed by atoms with Crippen LogP contribution in [0.3, 0.4) is 0 Å². The van der Waals surface area contributed by atoms with Crippen molar-refractivity contribution in [1.29, 1.82) is 0 Å². The van der Waals surface area contributed by atoms with Gasteiger partial charge in [-0.25, -0.2) is 9.97 Å². The number of amides is 1. The number of likely N-dealkylation sites (N-methyl/N-ethyl adjacent to an activating group) is 1. The summed E-state index contributed by atoms with van der Waals surface area (Å²) in [6.45, 7) is 7.23. The van der Waals surface area contributed by atoms with Crippen molar-refractivity contribution >= 4 is 23.5 Å². The average Bonchev–Trinajstić information content (AvgIpc) is 2.68. The maximum Gasteiger partial charge on any atom is 0.257 e. The van der Waals surface area contributed by atoms with E-state index >= 15 is 0 Å². The molecule has 0 unspecified atom stereocenters. The molecule has 26 heavy (non-hydrogen) atoms. The molecule has 1 aromatic carbocycles. The van der Waals surface area contributed by atoms with Gasteiger partial charge in [0.2, 0.25) is 5.95 Å². The minimum Gasteiger partial charge on any atom is -0.354 e.